The van der Waals surface area contributed by atoms with E-state index < -0.39 is 0 Å². The van der Waals surface area contributed by atoms with Crippen molar-refractivity contribution in [3.05, 3.63) is 63.6 Å². The second-order valence-electron chi connectivity index (χ2n) is 7.79. The molecule has 2 atom stereocenters. The third kappa shape index (κ3) is 4.24. The molecule has 4 rings (SSSR count). The van der Waals surface area contributed by atoms with Gasteiger partial charge in [0.05, 0.1) is 16.0 Å². The van der Waals surface area contributed by atoms with Crippen LogP contribution in [0.15, 0.2) is 42.5 Å². The smallest absolute Gasteiger partial charge is 0.228 e. The van der Waals surface area contributed by atoms with Crippen LogP contribution in [-0.2, 0) is 11.3 Å². The Morgan fingerprint density at radius 1 is 1.14 bits per heavy atom. The summed E-state index contributed by atoms with van der Waals surface area (Å²) in [7, 11) is 6.00. The number of nitrogens with one attached hydrogen (secondary N) is 1. The molecule has 2 fully saturated rings. The van der Waals surface area contributed by atoms with Gasteiger partial charge in [0.15, 0.2) is 0 Å². The minimum Gasteiger partial charge on any atom is -0.335 e. The molecule has 2 radical (unpaired) electrons. The van der Waals surface area contributed by atoms with Crippen molar-refractivity contribution in [1.29, 1.82) is 0 Å². The lowest BCUT2D eigenvalue weighted by Gasteiger charge is -2.36. The number of halogens is 2. The van der Waals surface area contributed by atoms with E-state index in [1.54, 1.807) is 6.07 Å². The molecule has 1 aliphatic heterocycles. The fourth-order valence-corrected chi connectivity index (χ4v) is 4.53. The van der Waals surface area contributed by atoms with Crippen molar-refractivity contribution in [2.45, 2.75) is 37.8 Å². The second kappa shape index (κ2) is 8.48. The van der Waals surface area contributed by atoms with Gasteiger partial charge < -0.3 is 10.2 Å². The van der Waals surface area contributed by atoms with Crippen molar-refractivity contribution in [2.75, 3.05) is 13.1 Å². The molecule has 1 aliphatic carbocycles. The Morgan fingerprint density at radius 3 is 2.68 bits per heavy atom. The van der Waals surface area contributed by atoms with Gasteiger partial charge in [-0.15, -0.1) is 0 Å². The Balaban J connectivity index is 1.59. The first-order chi connectivity index (χ1) is 13.5. The summed E-state index contributed by atoms with van der Waals surface area (Å²) in [6.07, 6.45) is 3.02. The van der Waals surface area contributed by atoms with Crippen molar-refractivity contribution in [1.82, 2.24) is 10.2 Å². The van der Waals surface area contributed by atoms with Crippen molar-refractivity contribution in [3.63, 3.8) is 0 Å². The molecule has 1 amide bonds. The summed E-state index contributed by atoms with van der Waals surface area (Å²) < 4.78 is 0. The molecule has 2 aromatic rings. The summed E-state index contributed by atoms with van der Waals surface area (Å²) >= 11 is 12.6. The van der Waals surface area contributed by atoms with Crippen LogP contribution in [0.3, 0.4) is 0 Å². The molecular weight excluding hydrogens is 390 g/mol. The molecule has 0 bridgehead atoms. The van der Waals surface area contributed by atoms with E-state index in [9.17, 15) is 4.79 Å². The third-order valence-corrected chi connectivity index (χ3v) is 6.64. The first kappa shape index (κ1) is 19.8. The molecule has 144 valence electrons. The highest BCUT2D eigenvalue weighted by Gasteiger charge is 2.40. The number of rotatable bonds is 5. The first-order valence-electron chi connectivity index (χ1n) is 9.84. The Hall–Kier alpha value is -1.49. The zero-order valence-corrected chi connectivity index (χ0v) is 17.2. The molecule has 1 heterocycles. The molecule has 2 aromatic carbocycles. The highest BCUT2D eigenvalue weighted by molar-refractivity contribution is 6.42. The highest BCUT2D eigenvalue weighted by Crippen LogP contribution is 2.37. The topological polar surface area (TPSA) is 32.3 Å². The van der Waals surface area contributed by atoms with E-state index in [2.05, 4.69) is 11.4 Å². The van der Waals surface area contributed by atoms with E-state index in [0.29, 0.717) is 29.2 Å². The van der Waals surface area contributed by atoms with Gasteiger partial charge in [0.1, 0.15) is 7.85 Å². The van der Waals surface area contributed by atoms with Gasteiger partial charge in [0.2, 0.25) is 5.91 Å². The molecule has 0 unspecified atom stereocenters. The van der Waals surface area contributed by atoms with Crippen LogP contribution in [-0.4, -0.2) is 37.8 Å². The van der Waals surface area contributed by atoms with E-state index in [1.807, 2.05) is 35.2 Å². The molecule has 1 saturated heterocycles. The van der Waals surface area contributed by atoms with Gasteiger partial charge in [-0.25, -0.2) is 0 Å². The van der Waals surface area contributed by atoms with Gasteiger partial charge in [-0.05, 0) is 48.9 Å². The van der Waals surface area contributed by atoms with Gasteiger partial charge >= 0.3 is 0 Å². The maximum absolute atomic E-state index is 13.6. The number of hydrogen-bond donors (Lipinski definition) is 1. The van der Waals surface area contributed by atoms with Gasteiger partial charge in [-0.2, -0.15) is 0 Å². The predicted molar refractivity (Wildman–Crippen MR) is 116 cm³/mol. The van der Waals surface area contributed by atoms with Crippen LogP contribution in [0, 0.1) is 5.92 Å². The van der Waals surface area contributed by atoms with Crippen molar-refractivity contribution in [3.8, 4) is 0 Å². The molecule has 1 saturated carbocycles. The minimum absolute atomic E-state index is 0.103. The first-order valence-corrected chi connectivity index (χ1v) is 10.6. The Labute approximate surface area is 177 Å². The van der Waals surface area contributed by atoms with Gasteiger partial charge in [0, 0.05) is 19.1 Å². The highest BCUT2D eigenvalue weighted by atomic mass is 35.5. The summed E-state index contributed by atoms with van der Waals surface area (Å²) in [6, 6.07) is 13.9. The summed E-state index contributed by atoms with van der Waals surface area (Å²) in [5.74, 6) is 0.264. The monoisotopic (exact) mass is 412 g/mol. The van der Waals surface area contributed by atoms with Crippen LogP contribution in [0.4, 0.5) is 0 Å². The third-order valence-electron chi connectivity index (χ3n) is 5.78. The average Bonchev–Trinajstić information content (AvgIpc) is 3.54. The largest absolute Gasteiger partial charge is 0.335 e. The van der Waals surface area contributed by atoms with E-state index in [1.165, 1.54) is 0 Å². The molecule has 0 spiro atoms. The zero-order valence-electron chi connectivity index (χ0n) is 15.7. The molecular formula is C22H23BCl2N2O. The van der Waals surface area contributed by atoms with Gasteiger partial charge in [-0.1, -0.05) is 65.1 Å². The molecule has 6 heteroatoms. The summed E-state index contributed by atoms with van der Waals surface area (Å²) in [6.45, 7) is 2.10. The van der Waals surface area contributed by atoms with Gasteiger partial charge in [0.25, 0.3) is 0 Å². The maximum atomic E-state index is 13.6. The number of hydrogen-bond acceptors (Lipinski definition) is 2. The van der Waals surface area contributed by atoms with Crippen LogP contribution in [0.1, 0.15) is 36.3 Å². The van der Waals surface area contributed by atoms with Crippen molar-refractivity contribution < 1.29 is 4.79 Å². The molecule has 1 N–H and O–H groups in total. The van der Waals surface area contributed by atoms with E-state index in [4.69, 9.17) is 31.0 Å². The molecule has 28 heavy (non-hydrogen) atoms. The minimum atomic E-state index is -0.103. The van der Waals surface area contributed by atoms with Crippen LogP contribution in [0.25, 0.3) is 0 Å². The van der Waals surface area contributed by atoms with Crippen LogP contribution >= 0.6 is 23.2 Å². The quantitative estimate of drug-likeness (QED) is 0.759. The van der Waals surface area contributed by atoms with E-state index in [0.717, 1.165) is 42.4 Å². The van der Waals surface area contributed by atoms with Crippen molar-refractivity contribution in [2.24, 2.45) is 5.92 Å². The molecule has 2 aliphatic rings. The summed E-state index contributed by atoms with van der Waals surface area (Å²) in [5, 5.41) is 4.47. The van der Waals surface area contributed by atoms with Crippen LogP contribution in [0.5, 0.6) is 0 Å². The second-order valence-corrected chi connectivity index (χ2v) is 8.57. The fraction of sp³-hybridized carbons (Fsp3) is 0.409. The Morgan fingerprint density at radius 2 is 1.93 bits per heavy atom. The summed E-state index contributed by atoms with van der Waals surface area (Å²) in [4.78, 5) is 15.6. The molecule has 0 aromatic heterocycles. The average molecular weight is 413 g/mol. The Kier molecular flexibility index (Phi) is 6.00. The number of benzene rings is 2. The maximum Gasteiger partial charge on any atom is 0.228 e. The standard InChI is InChI=1S/C22H23BCl2N2O/c23-16-5-1-3-14(11-16)18-9-10-26-12-19(18)22(28)27(17-7-8-17)13-15-4-2-6-20(24)21(15)25/h1-6,11,17-19,26H,7-10,12-13H2/t18-,19+/m1/s1. The lowest BCUT2D eigenvalue weighted by Crippen LogP contribution is -2.47. The number of amides is 1. The number of piperidine rings is 1. The van der Waals surface area contributed by atoms with Crippen LogP contribution in [0.2, 0.25) is 10.0 Å². The molecule has 3 nitrogen and oxygen atoms in total. The van der Waals surface area contributed by atoms with Gasteiger partial charge in [-0.3, -0.25) is 4.79 Å². The normalized spacial score (nSPS) is 22.1. The van der Waals surface area contributed by atoms with Crippen LogP contribution < -0.4 is 10.8 Å². The fourth-order valence-electron chi connectivity index (χ4n) is 4.15. The zero-order chi connectivity index (χ0) is 19.7. The SMILES string of the molecule is [B]c1cccc([C@H]2CCNC[C@@H]2C(=O)N(Cc2cccc(Cl)c2Cl)C2CC2)c1. The number of carbonyl (C=O) groups is 1. The Bertz CT molecular complexity index is 871. The predicted octanol–water partition coefficient (Wildman–Crippen LogP) is 3.67. The van der Waals surface area contributed by atoms with E-state index >= 15 is 0 Å². The van der Waals surface area contributed by atoms with Crippen molar-refractivity contribution >= 4 is 42.4 Å². The summed E-state index contributed by atoms with van der Waals surface area (Å²) in [5.41, 5.74) is 2.79. The lowest BCUT2D eigenvalue weighted by atomic mass is 9.78. The van der Waals surface area contributed by atoms with E-state index in [-0.39, 0.29) is 17.7 Å². The number of carbonyl (C=O) groups excluding carboxylic acids is 1. The lowest BCUT2D eigenvalue weighted by molar-refractivity contribution is -0.138. The number of nitrogens with zero attached hydrogens (tertiary/aromatic N) is 1.